The van der Waals surface area contributed by atoms with Crippen LogP contribution in [0.2, 0.25) is 0 Å². The molecule has 1 aromatic heterocycles. The molecule has 0 saturated heterocycles. The molecule has 1 fully saturated rings. The van der Waals surface area contributed by atoms with Gasteiger partial charge in [-0.2, -0.15) is 0 Å². The van der Waals surface area contributed by atoms with E-state index in [0.717, 1.165) is 17.1 Å². The number of rotatable bonds is 9. The number of methoxy groups -OCH3 is 1. The van der Waals surface area contributed by atoms with Crippen molar-refractivity contribution in [2.45, 2.75) is 43.2 Å². The summed E-state index contributed by atoms with van der Waals surface area (Å²) >= 11 is 0. The molecule has 0 amide bonds. The van der Waals surface area contributed by atoms with Crippen molar-refractivity contribution in [2.24, 2.45) is 5.92 Å². The topological polar surface area (TPSA) is 123 Å². The third kappa shape index (κ3) is 5.28. The van der Waals surface area contributed by atoms with Crippen molar-refractivity contribution in [3.05, 3.63) is 60.4 Å². The summed E-state index contributed by atoms with van der Waals surface area (Å²) in [5, 5.41) is 12.8. The summed E-state index contributed by atoms with van der Waals surface area (Å²) in [4.78, 5) is 16.2. The lowest BCUT2D eigenvalue weighted by Gasteiger charge is -2.29. The first-order valence-corrected chi connectivity index (χ1v) is 13.1. The number of hydrogen-bond donors (Lipinski definition) is 3. The molecule has 2 aromatic carbocycles. The van der Waals surface area contributed by atoms with Crippen LogP contribution in [-0.4, -0.2) is 42.7 Å². The standard InChI is InChI=1S/C25H29FN4O5S/c1-3-12-27-36(33,34)23-14-18(7-10-20(23)26)28-25-29-21-11-4-16(15-31)13-22(21)30(25)19-8-5-17(6-9-19)24(32)35-2/h3-4,7,10-11,13-14,17,19,27,31H,1,5-6,8-9,12,15H2,2H3,(H,28,29)/t17-,19+. The largest absolute Gasteiger partial charge is 0.469 e. The van der Waals surface area contributed by atoms with Gasteiger partial charge in [-0.25, -0.2) is 22.5 Å². The third-order valence-electron chi connectivity index (χ3n) is 6.43. The van der Waals surface area contributed by atoms with Gasteiger partial charge in [-0.1, -0.05) is 12.1 Å². The summed E-state index contributed by atoms with van der Waals surface area (Å²) in [6.45, 7) is 3.31. The summed E-state index contributed by atoms with van der Waals surface area (Å²) in [7, 11) is -2.69. The van der Waals surface area contributed by atoms with E-state index in [9.17, 15) is 22.7 Å². The molecule has 0 unspecified atom stereocenters. The van der Waals surface area contributed by atoms with Gasteiger partial charge in [0.15, 0.2) is 0 Å². The molecule has 11 heteroatoms. The Morgan fingerprint density at radius 1 is 1.25 bits per heavy atom. The fraction of sp³-hybridized carbons (Fsp3) is 0.360. The second kappa shape index (κ2) is 10.8. The number of fused-ring (bicyclic) bond motifs is 1. The molecule has 0 bridgehead atoms. The van der Waals surface area contributed by atoms with Gasteiger partial charge in [0.25, 0.3) is 0 Å². The van der Waals surface area contributed by atoms with Crippen LogP contribution in [-0.2, 0) is 26.2 Å². The fourth-order valence-corrected chi connectivity index (χ4v) is 5.69. The Labute approximate surface area is 209 Å². The van der Waals surface area contributed by atoms with E-state index < -0.39 is 20.7 Å². The Morgan fingerprint density at radius 3 is 2.67 bits per heavy atom. The molecule has 0 atom stereocenters. The van der Waals surface area contributed by atoms with Crippen LogP contribution in [0.25, 0.3) is 11.0 Å². The summed E-state index contributed by atoms with van der Waals surface area (Å²) in [6.07, 6.45) is 4.10. The van der Waals surface area contributed by atoms with Gasteiger partial charge in [-0.05, 0) is 61.6 Å². The molecule has 3 N–H and O–H groups in total. The van der Waals surface area contributed by atoms with Gasteiger partial charge in [0.05, 0.1) is 30.7 Å². The highest BCUT2D eigenvalue weighted by Crippen LogP contribution is 2.38. The van der Waals surface area contributed by atoms with E-state index >= 15 is 0 Å². The molecular weight excluding hydrogens is 487 g/mol. The van der Waals surface area contributed by atoms with Crippen LogP contribution in [0.15, 0.2) is 53.9 Å². The number of sulfonamides is 1. The van der Waals surface area contributed by atoms with Gasteiger partial charge in [0, 0.05) is 18.3 Å². The number of nitrogens with zero attached hydrogens (tertiary/aromatic N) is 2. The molecule has 3 aromatic rings. The Morgan fingerprint density at radius 2 is 2.00 bits per heavy atom. The normalized spacial score (nSPS) is 18.2. The molecule has 4 rings (SSSR count). The molecule has 36 heavy (non-hydrogen) atoms. The maximum absolute atomic E-state index is 14.4. The third-order valence-corrected chi connectivity index (χ3v) is 7.87. The predicted molar refractivity (Wildman–Crippen MR) is 134 cm³/mol. The van der Waals surface area contributed by atoms with E-state index in [2.05, 4.69) is 16.6 Å². The summed E-state index contributed by atoms with van der Waals surface area (Å²) < 4.78 is 48.7. The molecular formula is C25H29FN4O5S. The van der Waals surface area contributed by atoms with Crippen molar-refractivity contribution in [1.29, 1.82) is 0 Å². The maximum Gasteiger partial charge on any atom is 0.308 e. The number of aromatic nitrogens is 2. The average molecular weight is 517 g/mol. The van der Waals surface area contributed by atoms with Crippen LogP contribution in [0.4, 0.5) is 16.0 Å². The van der Waals surface area contributed by atoms with Gasteiger partial charge in [-0.3, -0.25) is 4.79 Å². The van der Waals surface area contributed by atoms with Gasteiger partial charge < -0.3 is 19.7 Å². The minimum absolute atomic E-state index is 0.00487. The smallest absolute Gasteiger partial charge is 0.308 e. The highest BCUT2D eigenvalue weighted by atomic mass is 32.2. The number of anilines is 2. The number of aliphatic hydroxyl groups excluding tert-OH is 1. The van der Waals surface area contributed by atoms with Crippen molar-refractivity contribution in [3.63, 3.8) is 0 Å². The van der Waals surface area contributed by atoms with Crippen molar-refractivity contribution < 1.29 is 27.4 Å². The van der Waals surface area contributed by atoms with Gasteiger partial charge in [-0.15, -0.1) is 6.58 Å². The predicted octanol–water partition coefficient (Wildman–Crippen LogP) is 3.78. The van der Waals surface area contributed by atoms with Crippen molar-refractivity contribution >= 4 is 38.7 Å². The number of ether oxygens (including phenoxy) is 1. The van der Waals surface area contributed by atoms with Crippen molar-refractivity contribution in [3.8, 4) is 0 Å². The van der Waals surface area contributed by atoms with Crippen LogP contribution in [0, 0.1) is 11.7 Å². The SMILES string of the molecule is C=CCNS(=O)(=O)c1cc(Nc2nc3ccc(CO)cc3n2[C@H]2CC[C@@H](C(=O)OC)CC2)ccc1F. The van der Waals surface area contributed by atoms with E-state index in [1.165, 1.54) is 25.3 Å². The maximum atomic E-state index is 14.4. The zero-order valence-corrected chi connectivity index (χ0v) is 20.7. The first-order valence-electron chi connectivity index (χ1n) is 11.6. The lowest BCUT2D eigenvalue weighted by Crippen LogP contribution is -2.25. The van der Waals surface area contributed by atoms with Crippen LogP contribution in [0.1, 0.15) is 37.3 Å². The summed E-state index contributed by atoms with van der Waals surface area (Å²) in [6, 6.07) is 9.21. The number of imidazole rings is 1. The Hall–Kier alpha value is -3.28. The fourth-order valence-electron chi connectivity index (χ4n) is 4.59. The lowest BCUT2D eigenvalue weighted by atomic mass is 9.86. The quantitative estimate of drug-likeness (QED) is 0.292. The number of carbonyl (C=O) groups excluding carboxylic acids is 1. The van der Waals surface area contributed by atoms with E-state index in [1.54, 1.807) is 6.07 Å². The van der Waals surface area contributed by atoms with Crippen LogP contribution >= 0.6 is 0 Å². The lowest BCUT2D eigenvalue weighted by molar-refractivity contribution is -0.146. The van der Waals surface area contributed by atoms with Gasteiger partial charge in [0.2, 0.25) is 16.0 Å². The van der Waals surface area contributed by atoms with E-state index in [0.29, 0.717) is 42.8 Å². The second-order valence-electron chi connectivity index (χ2n) is 8.73. The van der Waals surface area contributed by atoms with Crippen LogP contribution in [0.3, 0.4) is 0 Å². The average Bonchev–Trinajstić information content (AvgIpc) is 3.24. The molecule has 9 nitrogen and oxygen atoms in total. The van der Waals surface area contributed by atoms with Crippen molar-refractivity contribution in [1.82, 2.24) is 14.3 Å². The van der Waals surface area contributed by atoms with Gasteiger partial charge in [0.1, 0.15) is 10.7 Å². The Kier molecular flexibility index (Phi) is 7.72. The minimum Gasteiger partial charge on any atom is -0.469 e. The molecule has 0 aliphatic heterocycles. The molecule has 0 radical (unpaired) electrons. The van der Waals surface area contributed by atoms with E-state index in [1.807, 2.05) is 16.7 Å². The second-order valence-corrected chi connectivity index (χ2v) is 10.5. The molecule has 1 aliphatic carbocycles. The first kappa shape index (κ1) is 25.8. The molecule has 1 saturated carbocycles. The number of carbonyl (C=O) groups is 1. The zero-order chi connectivity index (χ0) is 25.9. The summed E-state index contributed by atoms with van der Waals surface area (Å²) in [5.74, 6) is -0.789. The van der Waals surface area contributed by atoms with Crippen LogP contribution in [0.5, 0.6) is 0 Å². The highest BCUT2D eigenvalue weighted by molar-refractivity contribution is 7.89. The molecule has 192 valence electrons. The molecule has 0 spiro atoms. The van der Waals surface area contributed by atoms with E-state index in [4.69, 9.17) is 9.72 Å². The first-order chi connectivity index (χ1) is 17.3. The Balaban J connectivity index is 1.71. The Bertz CT molecular complexity index is 1380. The number of esters is 1. The number of benzene rings is 2. The number of aliphatic hydroxyl groups is 1. The highest BCUT2D eigenvalue weighted by Gasteiger charge is 2.30. The molecule has 1 aliphatic rings. The molecule has 1 heterocycles. The minimum atomic E-state index is -4.08. The number of nitrogens with one attached hydrogen (secondary N) is 2. The zero-order valence-electron chi connectivity index (χ0n) is 19.9. The summed E-state index contributed by atoms with van der Waals surface area (Å²) in [5.41, 5.74) is 2.56. The number of hydrogen-bond acceptors (Lipinski definition) is 7. The van der Waals surface area contributed by atoms with Crippen LogP contribution < -0.4 is 10.0 Å². The van der Waals surface area contributed by atoms with Gasteiger partial charge >= 0.3 is 5.97 Å². The number of halogens is 1. The van der Waals surface area contributed by atoms with Crippen molar-refractivity contribution in [2.75, 3.05) is 19.0 Å². The monoisotopic (exact) mass is 516 g/mol. The van der Waals surface area contributed by atoms with E-state index in [-0.39, 0.29) is 31.1 Å².